The van der Waals surface area contributed by atoms with Crippen molar-refractivity contribution in [2.45, 2.75) is 25.4 Å². The fraction of sp³-hybridized carbons (Fsp3) is 0.417. The lowest BCUT2D eigenvalue weighted by Crippen LogP contribution is -2.42. The molecule has 0 aliphatic rings. The minimum atomic E-state index is -0.600. The highest BCUT2D eigenvalue weighted by Gasteiger charge is 2.22. The maximum Gasteiger partial charge on any atom is 0.240 e. The molecule has 86 valence electrons. The van der Waals surface area contributed by atoms with E-state index in [1.807, 2.05) is 24.4 Å². The van der Waals surface area contributed by atoms with Gasteiger partial charge in [-0.15, -0.1) is 23.7 Å². The van der Waals surface area contributed by atoms with Crippen molar-refractivity contribution >= 4 is 17.2 Å². The molecule has 4 heteroatoms. The summed E-state index contributed by atoms with van der Waals surface area (Å²) in [7, 11) is 1.75. The van der Waals surface area contributed by atoms with Gasteiger partial charge in [-0.3, -0.25) is 4.79 Å². The Labute approximate surface area is 100 Å². The second-order valence-corrected chi connectivity index (χ2v) is 4.63. The second-order valence-electron chi connectivity index (χ2n) is 3.66. The molecule has 0 bridgehead atoms. The van der Waals surface area contributed by atoms with Crippen LogP contribution in [0.3, 0.4) is 0 Å². The Bertz CT molecular complexity index is 380. The molecule has 0 aliphatic heterocycles. The molecular weight excluding hydrogens is 220 g/mol. The molecule has 0 radical (unpaired) electrons. The number of thiophene rings is 1. The van der Waals surface area contributed by atoms with Crippen molar-refractivity contribution in [3.63, 3.8) is 0 Å². The van der Waals surface area contributed by atoms with E-state index in [4.69, 9.17) is 12.2 Å². The molecule has 1 amide bonds. The minimum absolute atomic E-state index is 0.0383. The van der Waals surface area contributed by atoms with Crippen molar-refractivity contribution in [1.82, 2.24) is 4.90 Å². The summed E-state index contributed by atoms with van der Waals surface area (Å²) >= 11 is 1.63. The van der Waals surface area contributed by atoms with Gasteiger partial charge in [0.05, 0.1) is 12.1 Å². The van der Waals surface area contributed by atoms with Crippen LogP contribution in [-0.2, 0) is 4.79 Å². The fourth-order valence-electron chi connectivity index (χ4n) is 1.39. The summed E-state index contributed by atoms with van der Waals surface area (Å²) in [6, 6.07) is 3.41. The molecule has 3 nitrogen and oxygen atoms in total. The average molecular weight is 236 g/mol. The minimum Gasteiger partial charge on any atom is -0.337 e. The first-order valence-corrected chi connectivity index (χ1v) is 5.95. The molecule has 1 heterocycles. The molecule has 2 atom stereocenters. The molecule has 2 unspecified atom stereocenters. The van der Waals surface area contributed by atoms with E-state index >= 15 is 0 Å². The average Bonchev–Trinajstić information content (AvgIpc) is 2.79. The molecule has 0 saturated heterocycles. The highest BCUT2D eigenvalue weighted by Crippen LogP contribution is 2.23. The van der Waals surface area contributed by atoms with E-state index in [0.717, 1.165) is 4.88 Å². The standard InChI is InChI=1S/C12H16N2OS/c1-4-6-10(13)12(15)14(3)9(2)11-7-5-8-16-11/h1,5,7-10H,6,13H2,2-3H3. The van der Waals surface area contributed by atoms with Crippen molar-refractivity contribution in [1.29, 1.82) is 0 Å². The number of terminal acetylenes is 1. The van der Waals surface area contributed by atoms with Crippen molar-refractivity contribution in [2.75, 3.05) is 7.05 Å². The highest BCUT2D eigenvalue weighted by molar-refractivity contribution is 7.10. The summed E-state index contributed by atoms with van der Waals surface area (Å²) in [5.74, 6) is 2.29. The maximum absolute atomic E-state index is 11.9. The van der Waals surface area contributed by atoms with Crippen LogP contribution >= 0.6 is 11.3 Å². The smallest absolute Gasteiger partial charge is 0.240 e. The van der Waals surface area contributed by atoms with Crippen LogP contribution in [0, 0.1) is 12.3 Å². The molecule has 1 aromatic rings. The van der Waals surface area contributed by atoms with Crippen LogP contribution in [0.1, 0.15) is 24.3 Å². The number of nitrogens with zero attached hydrogens (tertiary/aromatic N) is 1. The number of carbonyl (C=O) groups is 1. The summed E-state index contributed by atoms with van der Waals surface area (Å²) < 4.78 is 0. The van der Waals surface area contributed by atoms with Crippen LogP contribution in [0.15, 0.2) is 17.5 Å². The van der Waals surface area contributed by atoms with Crippen LogP contribution in [0.5, 0.6) is 0 Å². The van der Waals surface area contributed by atoms with Gasteiger partial charge in [0.25, 0.3) is 0 Å². The number of nitrogens with two attached hydrogens (primary N) is 1. The summed E-state index contributed by atoms with van der Waals surface area (Å²) in [5.41, 5.74) is 5.69. The van der Waals surface area contributed by atoms with Crippen molar-refractivity contribution in [3.05, 3.63) is 22.4 Å². The van der Waals surface area contributed by atoms with Gasteiger partial charge in [0.15, 0.2) is 0 Å². The quantitative estimate of drug-likeness (QED) is 0.807. The van der Waals surface area contributed by atoms with Crippen LogP contribution in [0.2, 0.25) is 0 Å². The first-order valence-electron chi connectivity index (χ1n) is 5.07. The molecule has 0 fully saturated rings. The predicted molar refractivity (Wildman–Crippen MR) is 66.9 cm³/mol. The molecule has 0 aliphatic carbocycles. The van der Waals surface area contributed by atoms with Gasteiger partial charge < -0.3 is 10.6 Å². The normalized spacial score (nSPS) is 13.9. The van der Waals surface area contributed by atoms with E-state index < -0.39 is 6.04 Å². The lowest BCUT2D eigenvalue weighted by Gasteiger charge is -2.26. The van der Waals surface area contributed by atoms with Gasteiger partial charge in [0, 0.05) is 18.3 Å². The molecule has 1 aromatic heterocycles. The first kappa shape index (κ1) is 12.8. The molecule has 0 aromatic carbocycles. The molecule has 16 heavy (non-hydrogen) atoms. The van der Waals surface area contributed by atoms with E-state index in [9.17, 15) is 4.79 Å². The third-order valence-electron chi connectivity index (χ3n) is 2.54. The number of likely N-dealkylation sites (N-methyl/N-ethyl adjacent to an activating group) is 1. The number of rotatable bonds is 4. The fourth-order valence-corrected chi connectivity index (χ4v) is 2.21. The number of carbonyl (C=O) groups excluding carboxylic acids is 1. The largest absolute Gasteiger partial charge is 0.337 e. The van der Waals surface area contributed by atoms with Crippen LogP contribution in [0.25, 0.3) is 0 Å². The van der Waals surface area contributed by atoms with Gasteiger partial charge in [0.1, 0.15) is 0 Å². The summed E-state index contributed by atoms with van der Waals surface area (Å²) in [6.45, 7) is 1.98. The van der Waals surface area contributed by atoms with Crippen LogP contribution in [0.4, 0.5) is 0 Å². The Kier molecular flexibility index (Phi) is 4.53. The molecule has 0 saturated carbocycles. The Morgan fingerprint density at radius 3 is 2.94 bits per heavy atom. The van der Waals surface area contributed by atoms with E-state index in [2.05, 4.69) is 5.92 Å². The molecule has 2 N–H and O–H groups in total. The van der Waals surface area contributed by atoms with Gasteiger partial charge in [-0.05, 0) is 18.4 Å². The lowest BCUT2D eigenvalue weighted by atomic mass is 10.1. The zero-order valence-electron chi connectivity index (χ0n) is 9.51. The molecular formula is C12H16N2OS. The number of hydrogen-bond acceptors (Lipinski definition) is 3. The van der Waals surface area contributed by atoms with Gasteiger partial charge in [0.2, 0.25) is 5.91 Å². The maximum atomic E-state index is 11.9. The number of amides is 1. The topological polar surface area (TPSA) is 46.3 Å². The summed E-state index contributed by atoms with van der Waals surface area (Å²) in [6.07, 6.45) is 5.42. The van der Waals surface area contributed by atoms with E-state index in [-0.39, 0.29) is 18.4 Å². The highest BCUT2D eigenvalue weighted by atomic mass is 32.1. The Morgan fingerprint density at radius 2 is 2.44 bits per heavy atom. The van der Waals surface area contributed by atoms with Crippen molar-refractivity contribution < 1.29 is 4.79 Å². The van der Waals surface area contributed by atoms with Crippen LogP contribution < -0.4 is 5.73 Å². The second kappa shape index (κ2) is 5.69. The zero-order valence-corrected chi connectivity index (χ0v) is 10.3. The summed E-state index contributed by atoms with van der Waals surface area (Å²) in [5, 5.41) is 1.99. The lowest BCUT2D eigenvalue weighted by molar-refractivity contribution is -0.133. The van der Waals surface area contributed by atoms with Gasteiger partial charge in [-0.1, -0.05) is 6.07 Å². The Balaban J connectivity index is 2.68. The Hall–Kier alpha value is -1.31. The molecule has 1 rings (SSSR count). The zero-order chi connectivity index (χ0) is 12.1. The third kappa shape index (κ3) is 2.84. The van der Waals surface area contributed by atoms with E-state index in [1.54, 1.807) is 23.3 Å². The summed E-state index contributed by atoms with van der Waals surface area (Å²) in [4.78, 5) is 14.7. The van der Waals surface area contributed by atoms with Crippen LogP contribution in [-0.4, -0.2) is 23.9 Å². The SMILES string of the molecule is C#CCC(N)C(=O)N(C)C(C)c1cccs1. The monoisotopic (exact) mass is 236 g/mol. The first-order chi connectivity index (χ1) is 7.57. The third-order valence-corrected chi connectivity index (χ3v) is 3.58. The van der Waals surface area contributed by atoms with Crippen molar-refractivity contribution in [3.8, 4) is 12.3 Å². The van der Waals surface area contributed by atoms with Gasteiger partial charge in [-0.2, -0.15) is 0 Å². The van der Waals surface area contributed by atoms with E-state index in [0.29, 0.717) is 0 Å². The molecule has 0 spiro atoms. The number of hydrogen-bond donors (Lipinski definition) is 1. The van der Waals surface area contributed by atoms with Gasteiger partial charge >= 0.3 is 0 Å². The van der Waals surface area contributed by atoms with E-state index in [1.165, 1.54) is 0 Å². The van der Waals surface area contributed by atoms with Crippen molar-refractivity contribution in [2.24, 2.45) is 5.73 Å². The Morgan fingerprint density at radius 1 is 1.75 bits per heavy atom. The predicted octanol–water partition coefficient (Wildman–Crippen LogP) is 1.62. The van der Waals surface area contributed by atoms with Gasteiger partial charge in [-0.25, -0.2) is 0 Å².